The van der Waals surface area contributed by atoms with Crippen LogP contribution in [0.1, 0.15) is 55.2 Å². The molecule has 1 atom stereocenters. The molecule has 2 aromatic heterocycles. The van der Waals surface area contributed by atoms with Crippen LogP contribution in [0.5, 0.6) is 11.6 Å². The van der Waals surface area contributed by atoms with Crippen LogP contribution < -0.4 is 15.0 Å². The number of H-pyrrole nitrogens is 1. The number of aromatic amines is 1. The third-order valence-corrected chi connectivity index (χ3v) is 6.76. The molecule has 37 heavy (non-hydrogen) atoms. The fourth-order valence-electron chi connectivity index (χ4n) is 4.94. The average Bonchev–Trinajstić information content (AvgIpc) is 3.45. The van der Waals surface area contributed by atoms with Crippen molar-refractivity contribution in [2.75, 3.05) is 6.61 Å². The topological polar surface area (TPSA) is 97.6 Å². The minimum absolute atomic E-state index is 0.0380. The number of nitrogens with one attached hydrogen (secondary N) is 1. The number of ether oxygens (including phenoxy) is 2. The molecule has 1 unspecified atom stereocenters. The Morgan fingerprint density at radius 2 is 1.92 bits per heavy atom. The van der Waals surface area contributed by atoms with Crippen LogP contribution in [0.2, 0.25) is 0 Å². The number of aromatic nitrogens is 2. The average molecular weight is 501 g/mol. The minimum Gasteiger partial charge on any atom is -0.486 e. The molecule has 0 amide bonds. The molecule has 1 aliphatic rings. The van der Waals surface area contributed by atoms with Gasteiger partial charge >= 0.3 is 0 Å². The maximum Gasteiger partial charge on any atom is 0.280 e. The van der Waals surface area contributed by atoms with Crippen LogP contribution in [0.3, 0.4) is 0 Å². The molecule has 0 bridgehead atoms. The zero-order chi connectivity index (χ0) is 26.2. The van der Waals surface area contributed by atoms with Crippen LogP contribution in [0.15, 0.2) is 63.9 Å². The van der Waals surface area contributed by atoms with E-state index in [2.05, 4.69) is 30.3 Å². The number of hydrogen-bond acceptors (Lipinski definition) is 6. The van der Waals surface area contributed by atoms with E-state index in [1.807, 2.05) is 37.3 Å². The van der Waals surface area contributed by atoms with E-state index in [9.17, 15) is 9.90 Å². The van der Waals surface area contributed by atoms with E-state index < -0.39 is 5.60 Å². The smallest absolute Gasteiger partial charge is 0.280 e. The molecule has 7 heteroatoms. The van der Waals surface area contributed by atoms with Crippen molar-refractivity contribution in [1.82, 2.24) is 10.1 Å². The van der Waals surface area contributed by atoms with E-state index in [-0.39, 0.29) is 11.7 Å². The lowest BCUT2D eigenvalue weighted by Gasteiger charge is -2.19. The van der Waals surface area contributed by atoms with Crippen LogP contribution >= 0.6 is 0 Å². The lowest BCUT2D eigenvalue weighted by Crippen LogP contribution is -2.22. The second-order valence-electron chi connectivity index (χ2n) is 10.3. The highest BCUT2D eigenvalue weighted by molar-refractivity contribution is 5.75. The summed E-state index contributed by atoms with van der Waals surface area (Å²) < 4.78 is 17.4. The first kappa shape index (κ1) is 24.8. The fraction of sp³-hybridized carbons (Fsp3) is 0.333. The van der Waals surface area contributed by atoms with E-state index >= 15 is 0 Å². The summed E-state index contributed by atoms with van der Waals surface area (Å²) in [6, 6.07) is 17.4. The van der Waals surface area contributed by atoms with Crippen molar-refractivity contribution >= 4 is 0 Å². The second-order valence-corrected chi connectivity index (χ2v) is 10.3. The Balaban J connectivity index is 1.35. The first-order chi connectivity index (χ1) is 17.7. The third-order valence-electron chi connectivity index (χ3n) is 6.76. The van der Waals surface area contributed by atoms with E-state index in [0.717, 1.165) is 41.0 Å². The predicted molar refractivity (Wildman–Crippen MR) is 142 cm³/mol. The highest BCUT2D eigenvalue weighted by Crippen LogP contribution is 2.42. The predicted octanol–water partition coefficient (Wildman–Crippen LogP) is 5.92. The van der Waals surface area contributed by atoms with Gasteiger partial charge in [0, 0.05) is 29.3 Å². The molecule has 1 aliphatic carbocycles. The first-order valence-electron chi connectivity index (χ1n) is 12.6. The Morgan fingerprint density at radius 1 is 1.14 bits per heavy atom. The third kappa shape index (κ3) is 5.47. The molecule has 2 aromatic carbocycles. The van der Waals surface area contributed by atoms with Crippen LogP contribution in [0.25, 0.3) is 22.5 Å². The van der Waals surface area contributed by atoms with Gasteiger partial charge < -0.3 is 19.1 Å². The summed E-state index contributed by atoms with van der Waals surface area (Å²) in [6.07, 6.45) is 2.31. The molecule has 4 aromatic rings. The summed E-state index contributed by atoms with van der Waals surface area (Å²) in [5, 5.41) is 12.2. The van der Waals surface area contributed by atoms with Gasteiger partial charge in [-0.3, -0.25) is 4.79 Å². The van der Waals surface area contributed by atoms with Crippen molar-refractivity contribution in [1.29, 1.82) is 0 Å². The van der Waals surface area contributed by atoms with Gasteiger partial charge in [-0.15, -0.1) is 0 Å². The molecular formula is C30H32N2O5. The molecule has 5 rings (SSSR count). The van der Waals surface area contributed by atoms with Crippen LogP contribution in [-0.4, -0.2) is 27.5 Å². The quantitative estimate of drug-likeness (QED) is 0.312. The van der Waals surface area contributed by atoms with E-state index in [1.165, 1.54) is 22.8 Å². The molecular weight excluding hydrogens is 468 g/mol. The highest BCUT2D eigenvalue weighted by Gasteiger charge is 2.28. The van der Waals surface area contributed by atoms with Gasteiger partial charge in [-0.05, 0) is 87.1 Å². The molecule has 0 fully saturated rings. The Labute approximate surface area is 216 Å². The summed E-state index contributed by atoms with van der Waals surface area (Å²) in [6.45, 7) is 8.06. The summed E-state index contributed by atoms with van der Waals surface area (Å²) >= 11 is 0. The largest absolute Gasteiger partial charge is 0.486 e. The van der Waals surface area contributed by atoms with Crippen molar-refractivity contribution in [3.8, 4) is 34.1 Å². The lowest BCUT2D eigenvalue weighted by molar-refractivity contribution is 0.0547. The number of aliphatic hydroxyl groups is 1. The second kappa shape index (κ2) is 9.90. The Morgan fingerprint density at radius 3 is 2.59 bits per heavy atom. The normalized spacial score (nSPS) is 15.0. The van der Waals surface area contributed by atoms with E-state index in [0.29, 0.717) is 24.7 Å². The van der Waals surface area contributed by atoms with Crippen molar-refractivity contribution in [3.05, 3.63) is 87.3 Å². The fourth-order valence-corrected chi connectivity index (χ4v) is 4.94. The number of rotatable bonds is 8. The van der Waals surface area contributed by atoms with Crippen LogP contribution in [0, 0.1) is 13.8 Å². The monoisotopic (exact) mass is 500 g/mol. The number of hydrogen-bond donors (Lipinski definition) is 2. The van der Waals surface area contributed by atoms with Gasteiger partial charge in [-0.2, -0.15) is 5.16 Å². The molecule has 0 spiro atoms. The van der Waals surface area contributed by atoms with Gasteiger partial charge in [0.15, 0.2) is 5.76 Å². The summed E-state index contributed by atoms with van der Waals surface area (Å²) in [5.74, 6) is 1.85. The summed E-state index contributed by atoms with van der Waals surface area (Å²) in [5.41, 5.74) is 6.61. The van der Waals surface area contributed by atoms with Crippen LogP contribution in [0.4, 0.5) is 0 Å². The zero-order valence-electron chi connectivity index (χ0n) is 21.6. The maximum absolute atomic E-state index is 11.3. The van der Waals surface area contributed by atoms with Gasteiger partial charge in [0.05, 0.1) is 18.3 Å². The lowest BCUT2D eigenvalue weighted by atomic mass is 9.93. The van der Waals surface area contributed by atoms with Gasteiger partial charge in [-0.1, -0.05) is 18.2 Å². The van der Waals surface area contributed by atoms with E-state index in [1.54, 1.807) is 13.8 Å². The highest BCUT2D eigenvalue weighted by atomic mass is 16.5. The zero-order valence-corrected chi connectivity index (χ0v) is 21.6. The first-order valence-corrected chi connectivity index (χ1v) is 12.6. The van der Waals surface area contributed by atoms with Crippen molar-refractivity contribution in [3.63, 3.8) is 0 Å². The van der Waals surface area contributed by atoms with Crippen molar-refractivity contribution < 1.29 is 19.1 Å². The number of pyridine rings is 1. The molecule has 192 valence electrons. The molecule has 0 aliphatic heterocycles. The molecule has 0 saturated heterocycles. The SMILES string of the molecule is Cc1cc(OCCC(C)(C)O)nc(C)c1-c1cccc2c1CCC2Oc1ccc(-c2cc(=O)[nH]o2)cc1. The van der Waals surface area contributed by atoms with Crippen LogP contribution in [-0.2, 0) is 6.42 Å². The number of aryl methyl sites for hydroxylation is 2. The minimum atomic E-state index is -0.769. The molecule has 0 saturated carbocycles. The summed E-state index contributed by atoms with van der Waals surface area (Å²) in [4.78, 5) is 16.1. The Bertz CT molecular complexity index is 1440. The number of benzene rings is 2. The van der Waals surface area contributed by atoms with Crippen molar-refractivity contribution in [2.45, 2.75) is 58.7 Å². The molecule has 0 radical (unpaired) electrons. The van der Waals surface area contributed by atoms with E-state index in [4.69, 9.17) is 19.0 Å². The Hall–Kier alpha value is -3.84. The maximum atomic E-state index is 11.3. The number of nitrogens with zero attached hydrogens (tertiary/aromatic N) is 1. The standard InChI is InChI=1S/C30H32N2O5/c1-18-16-28(35-15-14-30(3,4)34)31-19(2)29(18)24-7-5-6-23-22(24)12-13-25(23)36-21-10-8-20(9-11-21)26-17-27(33)32-37-26/h5-11,16-17,25,34H,12-15H2,1-4H3,(H,32,33). The Kier molecular flexibility index (Phi) is 6.65. The van der Waals surface area contributed by atoms with Gasteiger partial charge in [-0.25, -0.2) is 4.98 Å². The summed E-state index contributed by atoms with van der Waals surface area (Å²) in [7, 11) is 0. The van der Waals surface area contributed by atoms with Gasteiger partial charge in [0.2, 0.25) is 5.88 Å². The molecule has 7 nitrogen and oxygen atoms in total. The van der Waals surface area contributed by atoms with Gasteiger partial charge in [0.1, 0.15) is 11.9 Å². The van der Waals surface area contributed by atoms with Crippen molar-refractivity contribution in [2.24, 2.45) is 0 Å². The van der Waals surface area contributed by atoms with Gasteiger partial charge in [0.25, 0.3) is 5.56 Å². The molecule has 2 heterocycles. The molecule has 2 N–H and O–H groups in total. The number of fused-ring (bicyclic) bond motifs is 1.